The summed E-state index contributed by atoms with van der Waals surface area (Å²) < 4.78 is 10.8. The van der Waals surface area contributed by atoms with Crippen molar-refractivity contribution < 1.29 is 14.3 Å². The molecule has 2 aliphatic rings. The van der Waals surface area contributed by atoms with Gasteiger partial charge in [-0.25, -0.2) is 0 Å². The number of methoxy groups -OCH3 is 2. The Hall–Kier alpha value is -1.43. The van der Waals surface area contributed by atoms with Crippen LogP contribution in [0, 0.1) is 0 Å². The molecule has 0 bridgehead atoms. The van der Waals surface area contributed by atoms with Crippen molar-refractivity contribution in [1.29, 1.82) is 0 Å². The van der Waals surface area contributed by atoms with Gasteiger partial charge in [0.2, 0.25) is 5.91 Å². The number of nitrogens with one attached hydrogen (secondary N) is 1. The van der Waals surface area contributed by atoms with Crippen LogP contribution in [0.25, 0.3) is 0 Å². The van der Waals surface area contributed by atoms with Gasteiger partial charge in [-0.15, -0.1) is 0 Å². The van der Waals surface area contributed by atoms with Gasteiger partial charge in [0, 0.05) is 33.9 Å². The molecule has 0 spiro atoms. The summed E-state index contributed by atoms with van der Waals surface area (Å²) >= 11 is 0. The van der Waals surface area contributed by atoms with Gasteiger partial charge in [0.15, 0.2) is 0 Å². The fourth-order valence-electron chi connectivity index (χ4n) is 3.23. The number of nitrogens with zero attached hydrogens (tertiary/aromatic N) is 1. The molecule has 0 aliphatic carbocycles. The molecule has 2 heterocycles. The number of fused-ring (bicyclic) bond motifs is 1. The Morgan fingerprint density at radius 2 is 1.76 bits per heavy atom. The number of amides is 1. The summed E-state index contributed by atoms with van der Waals surface area (Å²) in [5.41, 5.74) is 2.55. The molecule has 5 heteroatoms. The zero-order chi connectivity index (χ0) is 14.8. The smallest absolute Gasteiger partial charge is 0.240 e. The van der Waals surface area contributed by atoms with Gasteiger partial charge < -0.3 is 19.7 Å². The van der Waals surface area contributed by atoms with E-state index >= 15 is 0 Å². The highest BCUT2D eigenvalue weighted by Crippen LogP contribution is 2.21. The first-order chi connectivity index (χ1) is 10.2. The summed E-state index contributed by atoms with van der Waals surface area (Å²) in [7, 11) is 3.33. The molecule has 2 aliphatic heterocycles. The highest BCUT2D eigenvalue weighted by Gasteiger charge is 2.38. The Morgan fingerprint density at radius 3 is 2.38 bits per heavy atom. The summed E-state index contributed by atoms with van der Waals surface area (Å²) in [5.74, 6) is 0.145. The molecule has 5 nitrogen and oxygen atoms in total. The van der Waals surface area contributed by atoms with Crippen LogP contribution in [-0.2, 0) is 27.2 Å². The molecular formula is C16H22N2O3. The summed E-state index contributed by atoms with van der Waals surface area (Å²) in [4.78, 5) is 14.5. The van der Waals surface area contributed by atoms with Crippen molar-refractivity contribution >= 4 is 5.91 Å². The van der Waals surface area contributed by atoms with Crippen LogP contribution in [0.15, 0.2) is 24.3 Å². The van der Waals surface area contributed by atoms with E-state index in [0.717, 1.165) is 13.0 Å². The molecule has 3 atom stereocenters. The minimum atomic E-state index is -0.145. The number of hydrogen-bond acceptors (Lipinski definition) is 4. The molecule has 0 aromatic heterocycles. The molecule has 114 valence electrons. The topological polar surface area (TPSA) is 50.8 Å². The van der Waals surface area contributed by atoms with Gasteiger partial charge in [0.25, 0.3) is 0 Å². The molecule has 0 radical (unpaired) electrons. The van der Waals surface area contributed by atoms with Gasteiger partial charge in [-0.05, 0) is 17.5 Å². The van der Waals surface area contributed by atoms with Crippen LogP contribution < -0.4 is 5.32 Å². The Morgan fingerprint density at radius 1 is 1.14 bits per heavy atom. The van der Waals surface area contributed by atoms with Gasteiger partial charge in [0.05, 0.1) is 6.04 Å². The number of hydrogen-bond donors (Lipinski definition) is 1. The van der Waals surface area contributed by atoms with Crippen LogP contribution in [0.1, 0.15) is 11.1 Å². The average Bonchev–Trinajstić information content (AvgIpc) is 2.97. The quantitative estimate of drug-likeness (QED) is 0.884. The molecule has 3 unspecified atom stereocenters. The first-order valence-electron chi connectivity index (χ1n) is 7.37. The average molecular weight is 290 g/mol. The standard InChI is InChI=1S/C16H22N2O3/c1-20-14-9-18(10-15(14)21-2)16(19)13-7-11-5-3-4-6-12(11)8-17-13/h3-6,13-15,17H,7-10H2,1-2H3. The largest absolute Gasteiger partial charge is 0.377 e. The SMILES string of the molecule is COC1CN(C(=O)C2Cc3ccccc3CN2)CC1OC. The second-order valence-electron chi connectivity index (χ2n) is 5.70. The number of rotatable bonds is 3. The fraction of sp³-hybridized carbons (Fsp3) is 0.562. The molecule has 1 amide bonds. The lowest BCUT2D eigenvalue weighted by molar-refractivity contribution is -0.133. The number of ether oxygens (including phenoxy) is 2. The van der Waals surface area contributed by atoms with Crippen molar-refractivity contribution in [3.8, 4) is 0 Å². The monoisotopic (exact) mass is 290 g/mol. The van der Waals surface area contributed by atoms with Crippen LogP contribution in [0.2, 0.25) is 0 Å². The number of benzene rings is 1. The van der Waals surface area contributed by atoms with Crippen molar-refractivity contribution in [1.82, 2.24) is 10.2 Å². The summed E-state index contributed by atoms with van der Waals surface area (Å²) in [6.07, 6.45) is 0.686. The van der Waals surface area contributed by atoms with E-state index in [-0.39, 0.29) is 24.2 Å². The molecule has 1 aromatic rings. The predicted octanol–water partition coefficient (Wildman–Crippen LogP) is 0.573. The van der Waals surface area contributed by atoms with E-state index in [2.05, 4.69) is 17.4 Å². The van der Waals surface area contributed by atoms with Crippen LogP contribution in [0.5, 0.6) is 0 Å². The molecular weight excluding hydrogens is 268 g/mol. The molecule has 1 aromatic carbocycles. The summed E-state index contributed by atoms with van der Waals surface area (Å²) in [6.45, 7) is 1.96. The van der Waals surface area contributed by atoms with E-state index in [1.165, 1.54) is 11.1 Å². The van der Waals surface area contributed by atoms with Gasteiger partial charge >= 0.3 is 0 Å². The lowest BCUT2D eigenvalue weighted by Gasteiger charge is -2.28. The molecule has 1 fully saturated rings. The molecule has 21 heavy (non-hydrogen) atoms. The second-order valence-corrected chi connectivity index (χ2v) is 5.70. The maximum atomic E-state index is 12.7. The van der Waals surface area contributed by atoms with Crippen LogP contribution in [0.3, 0.4) is 0 Å². The van der Waals surface area contributed by atoms with Crippen molar-refractivity contribution in [2.75, 3.05) is 27.3 Å². The first kappa shape index (κ1) is 14.5. The van der Waals surface area contributed by atoms with Crippen LogP contribution in [-0.4, -0.2) is 56.4 Å². The van der Waals surface area contributed by atoms with Gasteiger partial charge in [-0.2, -0.15) is 0 Å². The van der Waals surface area contributed by atoms with E-state index in [4.69, 9.17) is 9.47 Å². The summed E-state index contributed by atoms with van der Waals surface area (Å²) in [5, 5.41) is 3.34. The number of carbonyl (C=O) groups is 1. The van der Waals surface area contributed by atoms with Gasteiger partial charge in [0.1, 0.15) is 12.2 Å². The van der Waals surface area contributed by atoms with E-state index < -0.39 is 0 Å². The van der Waals surface area contributed by atoms with E-state index in [1.807, 2.05) is 17.0 Å². The minimum absolute atomic E-state index is 0.0326. The normalized spacial score (nSPS) is 28.5. The third-order valence-electron chi connectivity index (χ3n) is 4.51. The lowest BCUT2D eigenvalue weighted by Crippen LogP contribution is -2.49. The number of likely N-dealkylation sites (tertiary alicyclic amines) is 1. The van der Waals surface area contributed by atoms with E-state index in [0.29, 0.717) is 13.1 Å². The van der Waals surface area contributed by atoms with Crippen molar-refractivity contribution in [2.45, 2.75) is 31.2 Å². The molecule has 0 saturated carbocycles. The number of carbonyl (C=O) groups excluding carboxylic acids is 1. The van der Waals surface area contributed by atoms with Crippen LogP contribution in [0.4, 0.5) is 0 Å². The highest BCUT2D eigenvalue weighted by atomic mass is 16.5. The molecule has 3 rings (SSSR count). The lowest BCUT2D eigenvalue weighted by atomic mass is 9.95. The zero-order valence-corrected chi connectivity index (χ0v) is 12.5. The Labute approximate surface area is 125 Å². The fourth-order valence-corrected chi connectivity index (χ4v) is 3.23. The van der Waals surface area contributed by atoms with Crippen molar-refractivity contribution in [3.63, 3.8) is 0 Å². The zero-order valence-electron chi connectivity index (χ0n) is 12.5. The first-order valence-corrected chi connectivity index (χ1v) is 7.37. The predicted molar refractivity (Wildman–Crippen MR) is 78.9 cm³/mol. The maximum absolute atomic E-state index is 12.7. The minimum Gasteiger partial charge on any atom is -0.377 e. The highest BCUT2D eigenvalue weighted by molar-refractivity contribution is 5.83. The van der Waals surface area contributed by atoms with Gasteiger partial charge in [-0.3, -0.25) is 4.79 Å². The third kappa shape index (κ3) is 2.81. The van der Waals surface area contributed by atoms with Crippen LogP contribution >= 0.6 is 0 Å². The van der Waals surface area contributed by atoms with Crippen molar-refractivity contribution in [2.24, 2.45) is 0 Å². The van der Waals surface area contributed by atoms with E-state index in [1.54, 1.807) is 14.2 Å². The van der Waals surface area contributed by atoms with Gasteiger partial charge in [-0.1, -0.05) is 24.3 Å². The third-order valence-corrected chi connectivity index (χ3v) is 4.51. The summed E-state index contributed by atoms with van der Waals surface area (Å²) in [6, 6.07) is 8.14. The van der Waals surface area contributed by atoms with E-state index in [9.17, 15) is 4.79 Å². The molecule has 1 N–H and O–H groups in total. The second kappa shape index (κ2) is 6.13. The Bertz CT molecular complexity index is 508. The van der Waals surface area contributed by atoms with Crippen molar-refractivity contribution in [3.05, 3.63) is 35.4 Å². The maximum Gasteiger partial charge on any atom is 0.240 e. The Kier molecular flexibility index (Phi) is 4.24. The molecule has 1 saturated heterocycles. The Balaban J connectivity index is 1.67.